The first kappa shape index (κ1) is 34.7. The molecule has 0 saturated carbocycles. The molecular formula is C38H40Cl2N3O6+. The number of methoxy groups -OCH3 is 2. The number of benzene rings is 3. The van der Waals surface area contributed by atoms with Gasteiger partial charge in [0, 0.05) is 25.1 Å². The summed E-state index contributed by atoms with van der Waals surface area (Å²) < 4.78 is 23.1. The molecule has 3 aliphatic rings. The average Bonchev–Trinajstić information content (AvgIpc) is 3.13. The van der Waals surface area contributed by atoms with E-state index in [9.17, 15) is 9.59 Å². The highest BCUT2D eigenvalue weighted by Gasteiger charge is 2.38. The van der Waals surface area contributed by atoms with Crippen LogP contribution >= 0.6 is 23.2 Å². The number of pyridine rings is 1. The normalized spacial score (nSPS) is 19.5. The zero-order valence-corrected chi connectivity index (χ0v) is 29.0. The summed E-state index contributed by atoms with van der Waals surface area (Å²) in [6, 6.07) is 21.4. The van der Waals surface area contributed by atoms with E-state index in [4.69, 9.17) is 42.1 Å². The number of aromatic amines is 1. The van der Waals surface area contributed by atoms with Crippen LogP contribution in [0.15, 0.2) is 85.2 Å². The van der Waals surface area contributed by atoms with Crippen LogP contribution in [-0.4, -0.2) is 56.8 Å². The minimum absolute atomic E-state index is 0.0802. The minimum atomic E-state index is -0.736. The molecular weight excluding hydrogens is 665 g/mol. The van der Waals surface area contributed by atoms with Gasteiger partial charge < -0.3 is 18.9 Å². The highest BCUT2D eigenvalue weighted by atomic mass is 35.5. The Morgan fingerprint density at radius 3 is 2.22 bits per heavy atom. The topological polar surface area (TPSA) is 100 Å². The van der Waals surface area contributed by atoms with Crippen molar-refractivity contribution < 1.29 is 33.5 Å². The summed E-state index contributed by atoms with van der Waals surface area (Å²) in [5.41, 5.74) is 3.42. The third-order valence-corrected chi connectivity index (χ3v) is 10.0. The second kappa shape index (κ2) is 16.0. The number of H-pyrrole nitrogens is 1. The minimum Gasteiger partial charge on any atom is -0.493 e. The van der Waals surface area contributed by atoms with Crippen LogP contribution in [-0.2, 0) is 27.2 Å². The Hall–Kier alpha value is -4.15. The second-order valence-electron chi connectivity index (χ2n) is 12.4. The van der Waals surface area contributed by atoms with Crippen molar-refractivity contribution in [2.75, 3.05) is 33.9 Å². The van der Waals surface area contributed by atoms with Gasteiger partial charge in [-0.1, -0.05) is 71.7 Å². The van der Waals surface area contributed by atoms with Crippen molar-refractivity contribution in [3.05, 3.63) is 123 Å². The van der Waals surface area contributed by atoms with Gasteiger partial charge in [0.1, 0.15) is 28.3 Å². The first-order valence-electron chi connectivity index (χ1n) is 16.4. The Labute approximate surface area is 296 Å². The number of piperidine rings is 3. The van der Waals surface area contributed by atoms with Gasteiger partial charge in [0.15, 0.2) is 23.9 Å². The smallest absolute Gasteiger partial charge is 0.338 e. The second-order valence-corrected chi connectivity index (χ2v) is 13.2. The van der Waals surface area contributed by atoms with Crippen LogP contribution in [0.2, 0.25) is 10.0 Å². The van der Waals surface area contributed by atoms with E-state index in [1.807, 2.05) is 48.5 Å². The zero-order valence-electron chi connectivity index (χ0n) is 27.5. The molecule has 1 aromatic heterocycles. The number of nitrogens with one attached hydrogen (secondary N) is 2. The first-order valence-corrected chi connectivity index (χ1v) is 17.2. The van der Waals surface area contributed by atoms with Gasteiger partial charge in [0.2, 0.25) is 0 Å². The molecule has 3 atom stereocenters. The molecule has 3 fully saturated rings. The van der Waals surface area contributed by atoms with E-state index >= 15 is 0 Å². The summed E-state index contributed by atoms with van der Waals surface area (Å²) in [6.45, 7) is 3.34. The number of nitrogens with zero attached hydrogens (tertiary/aromatic N) is 1. The number of aromatic nitrogens is 1. The van der Waals surface area contributed by atoms with Crippen LogP contribution in [0.4, 0.5) is 0 Å². The molecule has 2 bridgehead atoms. The molecule has 3 aliphatic heterocycles. The number of halogens is 2. The van der Waals surface area contributed by atoms with Crippen molar-refractivity contribution >= 4 is 35.1 Å². The zero-order chi connectivity index (χ0) is 34.3. The maximum Gasteiger partial charge on any atom is 0.338 e. The SMILES string of the molecule is COc1ccc([C@H](Cc2c(Cl)c[nH+]cc2Cl)OC(=O)c2ccc(CNC(C(=O)O[C@H]3CN4CCC3CC4)c3ccccc3)cc2)cc1OC. The van der Waals surface area contributed by atoms with E-state index in [2.05, 4.69) is 15.2 Å². The largest absolute Gasteiger partial charge is 0.493 e. The molecule has 2 N–H and O–H groups in total. The lowest BCUT2D eigenvalue weighted by molar-refractivity contribution is -0.377. The van der Waals surface area contributed by atoms with Gasteiger partial charge in [0.25, 0.3) is 0 Å². The monoisotopic (exact) mass is 704 g/mol. The van der Waals surface area contributed by atoms with Gasteiger partial charge in [0.05, 0.1) is 19.8 Å². The third kappa shape index (κ3) is 8.36. The highest BCUT2D eigenvalue weighted by Crippen LogP contribution is 2.35. The Bertz CT molecular complexity index is 1730. The molecule has 1 unspecified atom stereocenters. The Kier molecular flexibility index (Phi) is 11.4. The van der Waals surface area contributed by atoms with Crippen molar-refractivity contribution in [2.24, 2.45) is 5.92 Å². The molecule has 256 valence electrons. The van der Waals surface area contributed by atoms with Crippen LogP contribution < -0.4 is 19.8 Å². The number of ether oxygens (including phenoxy) is 4. The molecule has 7 rings (SSSR count). The van der Waals surface area contributed by atoms with Gasteiger partial charge in [-0.05, 0) is 72.8 Å². The standard InChI is InChI=1S/C38H39Cl2N3O6/c1-46-32-13-12-28(18-34(32)47-2)33(19-29-30(39)21-41-22-31(29)40)48-37(44)27-10-8-24(9-11-27)20-42-36(26-6-4-3-5-7-26)38(45)49-35-23-43-16-14-25(35)15-17-43/h3-13,18,21-22,25,33,35-36,42H,14-17,19-20,23H2,1-2H3/p+1/t33-,35-,36?/m0/s1. The number of fused-ring (bicyclic) bond motifs is 3. The van der Waals surface area contributed by atoms with Crippen molar-refractivity contribution in [3.63, 3.8) is 0 Å². The fourth-order valence-corrected chi connectivity index (χ4v) is 7.09. The van der Waals surface area contributed by atoms with Gasteiger partial charge in [-0.2, -0.15) is 0 Å². The summed E-state index contributed by atoms with van der Waals surface area (Å²) in [5, 5.41) is 4.24. The van der Waals surface area contributed by atoms with Gasteiger partial charge in [-0.25, -0.2) is 14.6 Å². The third-order valence-electron chi connectivity index (χ3n) is 9.35. The summed E-state index contributed by atoms with van der Waals surface area (Å²) >= 11 is 12.9. The average molecular weight is 706 g/mol. The Morgan fingerprint density at radius 1 is 0.898 bits per heavy atom. The quantitative estimate of drug-likeness (QED) is 0.159. The van der Waals surface area contributed by atoms with E-state index in [1.165, 1.54) is 0 Å². The predicted octanol–water partition coefficient (Wildman–Crippen LogP) is 6.43. The van der Waals surface area contributed by atoms with Crippen LogP contribution in [0.1, 0.15) is 57.6 Å². The lowest BCUT2D eigenvalue weighted by atomic mass is 9.86. The van der Waals surface area contributed by atoms with Crippen molar-refractivity contribution in [2.45, 2.75) is 44.1 Å². The van der Waals surface area contributed by atoms with Crippen LogP contribution in [0.3, 0.4) is 0 Å². The number of hydrogen-bond donors (Lipinski definition) is 1. The molecule has 49 heavy (non-hydrogen) atoms. The number of carbonyl (C=O) groups is 2. The van der Waals surface area contributed by atoms with Gasteiger partial charge in [-0.3, -0.25) is 10.2 Å². The van der Waals surface area contributed by atoms with Crippen molar-refractivity contribution in [1.29, 1.82) is 0 Å². The van der Waals surface area contributed by atoms with Gasteiger partial charge >= 0.3 is 11.9 Å². The molecule has 0 aliphatic carbocycles. The molecule has 0 spiro atoms. The summed E-state index contributed by atoms with van der Waals surface area (Å²) in [6.07, 6.45) is 4.80. The van der Waals surface area contributed by atoms with Crippen LogP contribution in [0, 0.1) is 5.92 Å². The van der Waals surface area contributed by atoms with E-state index in [-0.39, 0.29) is 18.5 Å². The van der Waals surface area contributed by atoms with Gasteiger partial charge in [-0.15, -0.1) is 0 Å². The first-order chi connectivity index (χ1) is 23.8. The molecule has 0 radical (unpaired) electrons. The molecule has 3 aromatic carbocycles. The number of hydrogen-bond acceptors (Lipinski definition) is 8. The number of carbonyl (C=O) groups excluding carboxylic acids is 2. The van der Waals surface area contributed by atoms with E-state index in [0.717, 1.165) is 43.6 Å². The molecule has 0 amide bonds. The molecule has 4 heterocycles. The summed E-state index contributed by atoms with van der Waals surface area (Å²) in [5.74, 6) is 0.676. The van der Waals surface area contributed by atoms with Crippen LogP contribution in [0.5, 0.6) is 11.5 Å². The molecule has 11 heteroatoms. The fourth-order valence-electron chi connectivity index (χ4n) is 6.56. The van der Waals surface area contributed by atoms with E-state index < -0.39 is 18.1 Å². The van der Waals surface area contributed by atoms with E-state index in [0.29, 0.717) is 50.7 Å². The van der Waals surface area contributed by atoms with Crippen molar-refractivity contribution in [3.8, 4) is 11.5 Å². The Balaban J connectivity index is 1.15. The summed E-state index contributed by atoms with van der Waals surface area (Å²) in [4.78, 5) is 32.3. The fraction of sp³-hybridized carbons (Fsp3) is 0.342. The summed E-state index contributed by atoms with van der Waals surface area (Å²) in [7, 11) is 3.10. The van der Waals surface area contributed by atoms with Crippen molar-refractivity contribution in [1.82, 2.24) is 10.2 Å². The van der Waals surface area contributed by atoms with Crippen LogP contribution in [0.25, 0.3) is 0 Å². The molecule has 3 saturated heterocycles. The lowest BCUT2D eigenvalue weighted by Crippen LogP contribution is -2.52. The maximum atomic E-state index is 13.5. The lowest BCUT2D eigenvalue weighted by Gasteiger charge is -2.44. The number of rotatable bonds is 13. The van der Waals surface area contributed by atoms with E-state index in [1.54, 1.807) is 50.9 Å². The molecule has 4 aromatic rings. The maximum absolute atomic E-state index is 13.5. The predicted molar refractivity (Wildman–Crippen MR) is 186 cm³/mol. The highest BCUT2D eigenvalue weighted by molar-refractivity contribution is 6.35. The Morgan fingerprint density at radius 2 is 1.59 bits per heavy atom. The number of esters is 2. The molecule has 9 nitrogen and oxygen atoms in total.